The molecule has 0 saturated carbocycles. The van der Waals surface area contributed by atoms with Crippen LogP contribution in [0, 0.1) is 5.41 Å². The third kappa shape index (κ3) is 4.03. The normalized spacial score (nSPS) is 24.6. The van der Waals surface area contributed by atoms with E-state index in [-0.39, 0.29) is 29.8 Å². The number of fused-ring (bicyclic) bond motifs is 1. The molecule has 0 spiro atoms. The molecular formula is C21H32N4O4. The molecule has 1 aromatic rings. The number of carbonyl (C=O) groups is 3. The van der Waals surface area contributed by atoms with E-state index in [9.17, 15) is 14.4 Å². The van der Waals surface area contributed by atoms with Crippen LogP contribution in [0.1, 0.15) is 43.6 Å². The van der Waals surface area contributed by atoms with Gasteiger partial charge in [0.15, 0.2) is 0 Å². The number of hydrogen-bond acceptors (Lipinski definition) is 4. The van der Waals surface area contributed by atoms with Crippen LogP contribution in [0.5, 0.6) is 0 Å². The van der Waals surface area contributed by atoms with Gasteiger partial charge in [-0.15, -0.1) is 0 Å². The highest BCUT2D eigenvalue weighted by molar-refractivity contribution is 5.94. The summed E-state index contributed by atoms with van der Waals surface area (Å²) in [7, 11) is 3.45. The van der Waals surface area contributed by atoms with Crippen LogP contribution in [0.15, 0.2) is 18.3 Å². The van der Waals surface area contributed by atoms with Crippen molar-refractivity contribution >= 4 is 17.7 Å². The molecule has 2 atom stereocenters. The first kappa shape index (κ1) is 21.4. The highest BCUT2D eigenvalue weighted by Crippen LogP contribution is 2.42. The van der Waals surface area contributed by atoms with Gasteiger partial charge < -0.3 is 24.4 Å². The van der Waals surface area contributed by atoms with Gasteiger partial charge in [-0.25, -0.2) is 0 Å². The smallest absolute Gasteiger partial charge is 0.270 e. The Morgan fingerprint density at radius 3 is 2.76 bits per heavy atom. The number of ether oxygens (including phenoxy) is 1. The summed E-state index contributed by atoms with van der Waals surface area (Å²) in [4.78, 5) is 42.7. The van der Waals surface area contributed by atoms with Crippen LogP contribution in [0.4, 0.5) is 0 Å². The molecule has 2 aliphatic heterocycles. The van der Waals surface area contributed by atoms with Crippen LogP contribution in [0.2, 0.25) is 0 Å². The zero-order valence-electron chi connectivity index (χ0n) is 17.8. The molecule has 0 aromatic carbocycles. The molecule has 160 valence electrons. The maximum atomic E-state index is 13.4. The Kier molecular flexibility index (Phi) is 6.31. The van der Waals surface area contributed by atoms with E-state index in [0.29, 0.717) is 51.2 Å². The first-order valence-corrected chi connectivity index (χ1v) is 10.3. The van der Waals surface area contributed by atoms with E-state index >= 15 is 0 Å². The lowest BCUT2D eigenvalue weighted by molar-refractivity contribution is -0.157. The van der Waals surface area contributed by atoms with Gasteiger partial charge in [0.05, 0.1) is 12.0 Å². The van der Waals surface area contributed by atoms with E-state index in [0.717, 1.165) is 0 Å². The van der Waals surface area contributed by atoms with Crippen LogP contribution in [0.25, 0.3) is 0 Å². The van der Waals surface area contributed by atoms with E-state index in [1.54, 1.807) is 27.5 Å². The molecule has 2 fully saturated rings. The molecule has 1 aromatic heterocycles. The molecule has 3 heterocycles. The fraction of sp³-hybridized carbons (Fsp3) is 0.667. The Bertz CT molecular complexity index is 774. The number of aromatic nitrogens is 1. The average Bonchev–Trinajstić information content (AvgIpc) is 3.11. The van der Waals surface area contributed by atoms with Gasteiger partial charge in [-0.2, -0.15) is 0 Å². The number of rotatable bonds is 6. The Morgan fingerprint density at radius 1 is 1.38 bits per heavy atom. The van der Waals surface area contributed by atoms with Gasteiger partial charge in [-0.05, 0) is 38.8 Å². The first-order valence-electron chi connectivity index (χ1n) is 10.3. The van der Waals surface area contributed by atoms with Gasteiger partial charge in [0.1, 0.15) is 5.69 Å². The summed E-state index contributed by atoms with van der Waals surface area (Å²) in [6.45, 7) is 5.57. The van der Waals surface area contributed by atoms with Crippen LogP contribution in [0.3, 0.4) is 0 Å². The summed E-state index contributed by atoms with van der Waals surface area (Å²) in [5.74, 6) is -0.0907. The summed E-state index contributed by atoms with van der Waals surface area (Å²) >= 11 is 0. The molecule has 1 N–H and O–H groups in total. The van der Waals surface area contributed by atoms with Gasteiger partial charge in [0, 0.05) is 58.5 Å². The van der Waals surface area contributed by atoms with Crippen LogP contribution in [-0.4, -0.2) is 77.5 Å². The van der Waals surface area contributed by atoms with Crippen molar-refractivity contribution in [3.63, 3.8) is 0 Å². The topological polar surface area (TPSA) is 83.9 Å². The van der Waals surface area contributed by atoms with Crippen LogP contribution >= 0.6 is 0 Å². The fourth-order valence-electron chi connectivity index (χ4n) is 4.66. The van der Waals surface area contributed by atoms with Crippen molar-refractivity contribution < 1.29 is 19.1 Å². The summed E-state index contributed by atoms with van der Waals surface area (Å²) < 4.78 is 6.99. The number of nitrogens with one attached hydrogen (secondary N) is 1. The third-order valence-electron chi connectivity index (χ3n) is 6.12. The van der Waals surface area contributed by atoms with E-state index in [4.69, 9.17) is 4.74 Å². The summed E-state index contributed by atoms with van der Waals surface area (Å²) in [5.41, 5.74) is -0.198. The Hall–Kier alpha value is -2.35. The zero-order valence-corrected chi connectivity index (χ0v) is 17.8. The number of piperidine rings is 2. The molecule has 29 heavy (non-hydrogen) atoms. The lowest BCUT2D eigenvalue weighted by Gasteiger charge is -2.53. The number of carbonyl (C=O) groups excluding carboxylic acids is 3. The minimum Gasteiger partial charge on any atom is -0.383 e. The van der Waals surface area contributed by atoms with Gasteiger partial charge in [0.2, 0.25) is 11.8 Å². The second kappa shape index (κ2) is 8.57. The van der Waals surface area contributed by atoms with E-state index in [1.165, 1.54) is 0 Å². The van der Waals surface area contributed by atoms with Crippen molar-refractivity contribution in [3.05, 3.63) is 24.0 Å². The van der Waals surface area contributed by atoms with Gasteiger partial charge in [0.25, 0.3) is 5.91 Å². The second-order valence-electron chi connectivity index (χ2n) is 8.40. The van der Waals surface area contributed by atoms with Gasteiger partial charge >= 0.3 is 0 Å². The molecule has 0 aliphatic carbocycles. The lowest BCUT2D eigenvalue weighted by atomic mass is 9.68. The van der Waals surface area contributed by atoms with Crippen molar-refractivity contribution in [3.8, 4) is 0 Å². The minimum atomic E-state index is -0.801. The van der Waals surface area contributed by atoms with Crippen molar-refractivity contribution in [1.29, 1.82) is 0 Å². The Labute approximate surface area is 172 Å². The Balaban J connectivity index is 1.92. The standard InChI is InChI=1S/C21H32N4O4/c1-15(2)22-20(28)21-9-7-18(26)25(12-13-29-4)17(21)8-11-24(14-21)19(27)16-6-5-10-23(16)3/h5-6,10,15,17H,7-9,11-14H2,1-4H3,(H,22,28)/t17-,21+/m1/s1. The molecule has 2 aliphatic rings. The van der Waals surface area contributed by atoms with E-state index in [2.05, 4.69) is 5.32 Å². The van der Waals surface area contributed by atoms with Crippen LogP contribution in [-0.2, 0) is 21.4 Å². The number of likely N-dealkylation sites (tertiary alicyclic amines) is 2. The number of aryl methyl sites for hydroxylation is 1. The number of methoxy groups -OCH3 is 1. The predicted molar refractivity (Wildman–Crippen MR) is 108 cm³/mol. The minimum absolute atomic E-state index is 0.0125. The molecule has 0 bridgehead atoms. The maximum Gasteiger partial charge on any atom is 0.270 e. The van der Waals surface area contributed by atoms with Gasteiger partial charge in [-0.1, -0.05) is 0 Å². The molecule has 8 nitrogen and oxygen atoms in total. The third-order valence-corrected chi connectivity index (χ3v) is 6.12. The van der Waals surface area contributed by atoms with Crippen LogP contribution < -0.4 is 5.32 Å². The molecule has 3 amide bonds. The maximum absolute atomic E-state index is 13.4. The number of amides is 3. The molecule has 3 rings (SSSR count). The fourth-order valence-corrected chi connectivity index (χ4v) is 4.66. The SMILES string of the molecule is COCCN1C(=O)CC[C@]2(C(=O)NC(C)C)CN(C(=O)c3cccn3C)CC[C@@H]12. The van der Waals surface area contributed by atoms with Crippen molar-refractivity contribution in [2.75, 3.05) is 33.4 Å². The number of hydrogen-bond donors (Lipinski definition) is 1. The van der Waals surface area contributed by atoms with Crippen molar-refractivity contribution in [2.45, 2.75) is 45.2 Å². The highest BCUT2D eigenvalue weighted by Gasteiger charge is 2.55. The molecule has 0 unspecified atom stereocenters. The van der Waals surface area contributed by atoms with Crippen molar-refractivity contribution in [2.24, 2.45) is 12.5 Å². The van der Waals surface area contributed by atoms with Crippen molar-refractivity contribution in [1.82, 2.24) is 19.7 Å². The average molecular weight is 405 g/mol. The molecular weight excluding hydrogens is 372 g/mol. The molecule has 0 radical (unpaired) electrons. The quantitative estimate of drug-likeness (QED) is 0.767. The van der Waals surface area contributed by atoms with E-state index < -0.39 is 5.41 Å². The highest BCUT2D eigenvalue weighted by atomic mass is 16.5. The predicted octanol–water partition coefficient (Wildman–Crippen LogP) is 1.02. The molecule has 2 saturated heterocycles. The van der Waals surface area contributed by atoms with E-state index in [1.807, 2.05) is 33.2 Å². The number of nitrogens with zero attached hydrogens (tertiary/aromatic N) is 3. The summed E-state index contributed by atoms with van der Waals surface area (Å²) in [6.07, 6.45) is 3.18. The largest absolute Gasteiger partial charge is 0.383 e. The monoisotopic (exact) mass is 404 g/mol. The Morgan fingerprint density at radius 2 is 2.14 bits per heavy atom. The van der Waals surface area contributed by atoms with Gasteiger partial charge in [-0.3, -0.25) is 14.4 Å². The molecule has 8 heteroatoms. The zero-order chi connectivity index (χ0) is 21.2. The summed E-state index contributed by atoms with van der Waals surface area (Å²) in [5, 5.41) is 3.05. The summed E-state index contributed by atoms with van der Waals surface area (Å²) in [6, 6.07) is 3.40. The second-order valence-corrected chi connectivity index (χ2v) is 8.40. The lowest BCUT2D eigenvalue weighted by Crippen LogP contribution is -2.68. The first-order chi connectivity index (χ1) is 13.8.